The van der Waals surface area contributed by atoms with Gasteiger partial charge in [-0.1, -0.05) is 25.5 Å². The van der Waals surface area contributed by atoms with E-state index in [-0.39, 0.29) is 12.5 Å². The van der Waals surface area contributed by atoms with Crippen LogP contribution in [-0.4, -0.2) is 60.1 Å². The minimum atomic E-state index is 0.181. The molecule has 0 bridgehead atoms. The quantitative estimate of drug-likeness (QED) is 0.749. The van der Waals surface area contributed by atoms with Gasteiger partial charge in [-0.15, -0.1) is 0 Å². The number of β-amino-alcohol motifs (C(OH)–C–C–N with tert-alkyl or cyclic N) is 1. The molecule has 1 fully saturated rings. The van der Waals surface area contributed by atoms with Crippen molar-refractivity contribution in [2.75, 3.05) is 39.3 Å². The predicted octanol–water partition coefficient (Wildman–Crippen LogP) is 2.28. The van der Waals surface area contributed by atoms with Crippen molar-refractivity contribution in [3.8, 4) is 6.07 Å². The van der Waals surface area contributed by atoms with Crippen molar-refractivity contribution in [1.82, 2.24) is 9.80 Å². The van der Waals surface area contributed by atoms with Crippen LogP contribution < -0.4 is 0 Å². The van der Waals surface area contributed by atoms with E-state index in [2.05, 4.69) is 37.8 Å². The highest BCUT2D eigenvalue weighted by Gasteiger charge is 2.33. The second kappa shape index (κ2) is 9.35. The Morgan fingerprint density at radius 3 is 2.60 bits per heavy atom. The van der Waals surface area contributed by atoms with Gasteiger partial charge in [0.05, 0.1) is 12.7 Å². The summed E-state index contributed by atoms with van der Waals surface area (Å²) in [6.45, 7) is 10.7. The second-order valence-corrected chi connectivity index (χ2v) is 7.93. The van der Waals surface area contributed by atoms with Gasteiger partial charge in [-0.2, -0.15) is 5.26 Å². The molecular formula is C20H33N3O2. The monoisotopic (exact) mass is 347 g/mol. The second-order valence-electron chi connectivity index (χ2n) is 7.93. The SMILES string of the molecule is CC1=CC(CC#N)C(C(C)C)CC1CC(=O)N1CCN(CCO)CC1. The van der Waals surface area contributed by atoms with Crippen LogP contribution in [0.25, 0.3) is 0 Å². The molecular weight excluding hydrogens is 314 g/mol. The molecule has 1 N–H and O–H groups in total. The van der Waals surface area contributed by atoms with Crippen molar-refractivity contribution in [2.24, 2.45) is 23.7 Å². The van der Waals surface area contributed by atoms with Crippen LogP contribution in [0.2, 0.25) is 0 Å². The molecule has 2 rings (SSSR count). The Labute approximate surface area is 152 Å². The van der Waals surface area contributed by atoms with Crippen molar-refractivity contribution < 1.29 is 9.90 Å². The first kappa shape index (κ1) is 19.9. The third-order valence-corrected chi connectivity index (χ3v) is 5.97. The van der Waals surface area contributed by atoms with Gasteiger partial charge in [0.25, 0.3) is 0 Å². The van der Waals surface area contributed by atoms with E-state index in [1.807, 2.05) is 4.90 Å². The fraction of sp³-hybridized carbons (Fsp3) is 0.800. The van der Waals surface area contributed by atoms with Gasteiger partial charge in [0.2, 0.25) is 5.91 Å². The van der Waals surface area contributed by atoms with Gasteiger partial charge >= 0.3 is 0 Å². The van der Waals surface area contributed by atoms with Gasteiger partial charge in [-0.25, -0.2) is 0 Å². The zero-order valence-electron chi connectivity index (χ0n) is 15.9. The normalized spacial score (nSPS) is 27.9. The van der Waals surface area contributed by atoms with E-state index in [1.54, 1.807) is 0 Å². The molecule has 25 heavy (non-hydrogen) atoms. The zero-order valence-corrected chi connectivity index (χ0v) is 15.9. The van der Waals surface area contributed by atoms with Crippen molar-refractivity contribution in [3.05, 3.63) is 11.6 Å². The molecule has 1 amide bonds. The minimum absolute atomic E-state index is 0.181. The Hall–Kier alpha value is -1.38. The van der Waals surface area contributed by atoms with Crippen LogP contribution in [0.5, 0.6) is 0 Å². The number of rotatable bonds is 6. The molecule has 5 heteroatoms. The lowest BCUT2D eigenvalue weighted by Gasteiger charge is -2.38. The number of hydrogen-bond acceptors (Lipinski definition) is 4. The Morgan fingerprint density at radius 2 is 2.04 bits per heavy atom. The van der Waals surface area contributed by atoms with E-state index in [1.165, 1.54) is 5.57 Å². The first-order valence-electron chi connectivity index (χ1n) is 9.62. The maximum Gasteiger partial charge on any atom is 0.223 e. The van der Waals surface area contributed by atoms with Crippen LogP contribution in [0, 0.1) is 35.0 Å². The van der Waals surface area contributed by atoms with Crippen LogP contribution in [0.4, 0.5) is 0 Å². The van der Waals surface area contributed by atoms with E-state index in [9.17, 15) is 4.79 Å². The Bertz CT molecular complexity index is 516. The lowest BCUT2D eigenvalue weighted by molar-refractivity contribution is -0.134. The van der Waals surface area contributed by atoms with Gasteiger partial charge in [-0.05, 0) is 37.0 Å². The summed E-state index contributed by atoms with van der Waals surface area (Å²) in [5.41, 5.74) is 1.28. The Balaban J connectivity index is 1.94. The molecule has 5 nitrogen and oxygen atoms in total. The molecule has 0 aromatic heterocycles. The molecule has 0 radical (unpaired) electrons. The van der Waals surface area contributed by atoms with E-state index in [0.717, 1.165) is 32.6 Å². The molecule has 1 heterocycles. The Morgan fingerprint density at radius 1 is 1.36 bits per heavy atom. The molecule has 0 spiro atoms. The van der Waals surface area contributed by atoms with Crippen molar-refractivity contribution in [3.63, 3.8) is 0 Å². The number of allylic oxidation sites excluding steroid dienone is 2. The first-order valence-corrected chi connectivity index (χ1v) is 9.62. The molecule has 140 valence electrons. The standard InChI is InChI=1S/C20H33N3O2/c1-15(2)19-13-18(16(3)12-17(19)4-5-21)14-20(25)23-8-6-22(7-9-23)10-11-24/h12,15,17-19,24H,4,6-11,13-14H2,1-3H3. The van der Waals surface area contributed by atoms with E-state index in [0.29, 0.717) is 43.1 Å². The number of nitriles is 1. The molecule has 0 aromatic carbocycles. The van der Waals surface area contributed by atoms with Crippen LogP contribution in [-0.2, 0) is 4.79 Å². The highest BCUT2D eigenvalue weighted by Crippen LogP contribution is 2.40. The summed E-state index contributed by atoms with van der Waals surface area (Å²) in [5.74, 6) is 1.91. The summed E-state index contributed by atoms with van der Waals surface area (Å²) in [6.07, 6.45) is 4.44. The van der Waals surface area contributed by atoms with Crippen LogP contribution in [0.15, 0.2) is 11.6 Å². The molecule has 0 saturated carbocycles. The topological polar surface area (TPSA) is 67.6 Å². The highest BCUT2D eigenvalue weighted by atomic mass is 16.3. The third-order valence-electron chi connectivity index (χ3n) is 5.97. The molecule has 0 aromatic rings. The molecule has 3 unspecified atom stereocenters. The summed E-state index contributed by atoms with van der Waals surface area (Å²) >= 11 is 0. The van der Waals surface area contributed by atoms with Crippen molar-refractivity contribution >= 4 is 5.91 Å². The summed E-state index contributed by atoms with van der Waals surface area (Å²) in [7, 11) is 0. The number of piperazine rings is 1. The van der Waals surface area contributed by atoms with E-state index < -0.39 is 0 Å². The highest BCUT2D eigenvalue weighted by molar-refractivity contribution is 5.77. The molecule has 1 aliphatic heterocycles. The van der Waals surface area contributed by atoms with Crippen LogP contribution in [0.1, 0.15) is 40.0 Å². The van der Waals surface area contributed by atoms with Gasteiger partial charge in [-0.3, -0.25) is 9.69 Å². The first-order chi connectivity index (χ1) is 12.0. The summed E-state index contributed by atoms with van der Waals surface area (Å²) in [4.78, 5) is 16.9. The van der Waals surface area contributed by atoms with Gasteiger partial charge in [0.15, 0.2) is 0 Å². The molecule has 1 aliphatic carbocycles. The van der Waals surface area contributed by atoms with Gasteiger partial charge in [0, 0.05) is 45.6 Å². The average molecular weight is 348 g/mol. The minimum Gasteiger partial charge on any atom is -0.395 e. The third kappa shape index (κ3) is 5.29. The number of amides is 1. The number of aliphatic hydroxyl groups is 1. The zero-order chi connectivity index (χ0) is 18.4. The fourth-order valence-electron chi connectivity index (χ4n) is 4.32. The van der Waals surface area contributed by atoms with Crippen molar-refractivity contribution in [2.45, 2.75) is 40.0 Å². The van der Waals surface area contributed by atoms with Crippen LogP contribution in [0.3, 0.4) is 0 Å². The maximum atomic E-state index is 12.7. The average Bonchev–Trinajstić information content (AvgIpc) is 2.58. The number of nitrogens with zero attached hydrogens (tertiary/aromatic N) is 3. The van der Waals surface area contributed by atoms with Gasteiger partial charge < -0.3 is 10.0 Å². The summed E-state index contributed by atoms with van der Waals surface area (Å²) < 4.78 is 0. The number of carbonyl (C=O) groups excluding carboxylic acids is 1. The molecule has 1 saturated heterocycles. The maximum absolute atomic E-state index is 12.7. The Kier molecular flexibility index (Phi) is 7.46. The summed E-state index contributed by atoms with van der Waals surface area (Å²) in [6, 6.07) is 2.32. The van der Waals surface area contributed by atoms with E-state index >= 15 is 0 Å². The lowest BCUT2D eigenvalue weighted by atomic mass is 9.69. The predicted molar refractivity (Wildman–Crippen MR) is 98.6 cm³/mol. The largest absolute Gasteiger partial charge is 0.395 e. The fourth-order valence-corrected chi connectivity index (χ4v) is 4.32. The van der Waals surface area contributed by atoms with Crippen molar-refractivity contribution in [1.29, 1.82) is 5.26 Å². The van der Waals surface area contributed by atoms with Gasteiger partial charge in [0.1, 0.15) is 0 Å². The van der Waals surface area contributed by atoms with E-state index in [4.69, 9.17) is 10.4 Å². The van der Waals surface area contributed by atoms with Crippen LogP contribution >= 0.6 is 0 Å². The number of carbonyl (C=O) groups is 1. The molecule has 3 atom stereocenters. The smallest absolute Gasteiger partial charge is 0.223 e. The lowest BCUT2D eigenvalue weighted by Crippen LogP contribution is -2.49. The summed E-state index contributed by atoms with van der Waals surface area (Å²) in [5, 5.41) is 18.1. The molecule has 2 aliphatic rings. The number of aliphatic hydroxyl groups excluding tert-OH is 1. The number of hydrogen-bond donors (Lipinski definition) is 1.